The molecule has 0 rings (SSSR count). The summed E-state index contributed by atoms with van der Waals surface area (Å²) in [5.74, 6) is -0.202. The molecule has 0 unspecified atom stereocenters. The van der Waals surface area contributed by atoms with Crippen LogP contribution in [0.4, 0.5) is 0 Å². The van der Waals surface area contributed by atoms with Crippen molar-refractivity contribution in [3.8, 4) is 0 Å². The van der Waals surface area contributed by atoms with Crippen molar-refractivity contribution >= 4 is 5.97 Å². The number of ether oxygens (including phenoxy) is 1. The maximum absolute atomic E-state index is 10.6. The molecule has 1 radical (unpaired) electrons. The summed E-state index contributed by atoms with van der Waals surface area (Å²) >= 11 is 0. The fourth-order valence-electron chi connectivity index (χ4n) is 0.512. The van der Waals surface area contributed by atoms with E-state index in [0.29, 0.717) is 6.61 Å². The van der Waals surface area contributed by atoms with Crippen LogP contribution in [0.25, 0.3) is 0 Å². The van der Waals surface area contributed by atoms with Crippen LogP contribution in [0.1, 0.15) is 20.3 Å². The van der Waals surface area contributed by atoms with Crippen molar-refractivity contribution in [3.63, 3.8) is 0 Å². The lowest BCUT2D eigenvalue weighted by atomic mass is 10.5. The van der Waals surface area contributed by atoms with Gasteiger partial charge in [-0.15, -0.1) is 0 Å². The lowest BCUT2D eigenvalue weighted by Crippen LogP contribution is -2.22. The number of hydrogen-bond acceptors (Lipinski definition) is 3. The molecule has 0 aromatic heterocycles. The summed E-state index contributed by atoms with van der Waals surface area (Å²) in [6.07, 6.45) is 0.916. The van der Waals surface area contributed by atoms with E-state index in [9.17, 15) is 4.79 Å². The minimum atomic E-state index is -0.202. The van der Waals surface area contributed by atoms with Gasteiger partial charge in [0, 0.05) is 6.54 Å². The first-order valence-corrected chi connectivity index (χ1v) is 3.52. The predicted molar refractivity (Wildman–Crippen MR) is 39.2 cm³/mol. The molecule has 0 heterocycles. The van der Waals surface area contributed by atoms with Gasteiger partial charge >= 0.3 is 5.97 Å². The van der Waals surface area contributed by atoms with Crippen LogP contribution in [-0.2, 0) is 9.53 Å². The highest BCUT2D eigenvalue weighted by molar-refractivity contribution is 5.71. The first-order valence-electron chi connectivity index (χ1n) is 3.52. The van der Waals surface area contributed by atoms with Crippen molar-refractivity contribution < 1.29 is 9.53 Å². The molecule has 10 heavy (non-hydrogen) atoms. The standard InChI is InChI=1S/C7H14NO2/c1-3-5-8-6-7(9)10-4-2/h5,8H,3-4,6H2,1-2H3. The number of rotatable bonds is 5. The molecule has 0 aliphatic carbocycles. The Morgan fingerprint density at radius 3 is 2.80 bits per heavy atom. The van der Waals surface area contributed by atoms with Crippen molar-refractivity contribution in [2.75, 3.05) is 13.2 Å². The van der Waals surface area contributed by atoms with Crippen LogP contribution >= 0.6 is 0 Å². The summed E-state index contributed by atoms with van der Waals surface area (Å²) in [4.78, 5) is 10.6. The Kier molecular flexibility index (Phi) is 6.18. The minimum absolute atomic E-state index is 0.202. The second kappa shape index (κ2) is 6.55. The zero-order valence-electron chi connectivity index (χ0n) is 6.52. The van der Waals surface area contributed by atoms with Gasteiger partial charge in [0.15, 0.2) is 0 Å². The highest BCUT2D eigenvalue weighted by Crippen LogP contribution is 1.79. The van der Waals surface area contributed by atoms with Gasteiger partial charge in [-0.3, -0.25) is 4.79 Å². The van der Waals surface area contributed by atoms with Gasteiger partial charge in [-0.05, 0) is 13.3 Å². The van der Waals surface area contributed by atoms with E-state index in [2.05, 4.69) is 10.1 Å². The van der Waals surface area contributed by atoms with Crippen molar-refractivity contribution in [1.29, 1.82) is 0 Å². The molecule has 0 amide bonds. The molecule has 3 heteroatoms. The average Bonchev–Trinajstić information content (AvgIpc) is 1.89. The third-order valence-electron chi connectivity index (χ3n) is 0.900. The molecule has 0 aromatic rings. The first-order chi connectivity index (χ1) is 4.81. The second-order valence-electron chi connectivity index (χ2n) is 1.80. The Labute approximate surface area is 61.8 Å². The fourth-order valence-corrected chi connectivity index (χ4v) is 0.512. The van der Waals surface area contributed by atoms with E-state index in [1.165, 1.54) is 0 Å². The summed E-state index contributed by atoms with van der Waals surface area (Å²) < 4.78 is 4.67. The predicted octanol–water partition coefficient (Wildman–Crippen LogP) is 0.711. The van der Waals surface area contributed by atoms with E-state index in [1.807, 2.05) is 13.5 Å². The van der Waals surface area contributed by atoms with Crippen LogP contribution in [0.3, 0.4) is 0 Å². The van der Waals surface area contributed by atoms with E-state index < -0.39 is 0 Å². The summed E-state index contributed by atoms with van der Waals surface area (Å²) in [7, 11) is 0. The Bertz CT molecular complexity index is 93.6. The summed E-state index contributed by atoms with van der Waals surface area (Å²) in [5, 5.41) is 2.82. The molecule has 0 saturated heterocycles. The van der Waals surface area contributed by atoms with E-state index in [4.69, 9.17) is 0 Å². The number of hydrogen-bond donors (Lipinski definition) is 1. The van der Waals surface area contributed by atoms with Crippen molar-refractivity contribution in [1.82, 2.24) is 5.32 Å². The van der Waals surface area contributed by atoms with Crippen LogP contribution in [0.15, 0.2) is 0 Å². The number of esters is 1. The molecule has 0 bridgehead atoms. The van der Waals surface area contributed by atoms with Gasteiger partial charge < -0.3 is 10.1 Å². The number of carbonyl (C=O) groups is 1. The van der Waals surface area contributed by atoms with E-state index in [0.717, 1.165) is 6.42 Å². The molecule has 0 aromatic carbocycles. The Balaban J connectivity index is 3.05. The second-order valence-corrected chi connectivity index (χ2v) is 1.80. The lowest BCUT2D eigenvalue weighted by molar-refractivity contribution is -0.141. The van der Waals surface area contributed by atoms with Crippen LogP contribution < -0.4 is 5.32 Å². The largest absolute Gasteiger partial charge is 0.465 e. The van der Waals surface area contributed by atoms with Gasteiger partial charge in [0.2, 0.25) is 0 Å². The summed E-state index contributed by atoms with van der Waals surface area (Å²) in [6, 6.07) is 0. The van der Waals surface area contributed by atoms with E-state index in [1.54, 1.807) is 6.92 Å². The molecule has 0 spiro atoms. The van der Waals surface area contributed by atoms with Crippen molar-refractivity contribution in [2.24, 2.45) is 0 Å². The molecule has 59 valence electrons. The fraction of sp³-hybridized carbons (Fsp3) is 0.714. The lowest BCUT2D eigenvalue weighted by Gasteiger charge is -2.01. The maximum Gasteiger partial charge on any atom is 0.319 e. The molecule has 1 N–H and O–H groups in total. The number of nitrogens with one attached hydrogen (secondary N) is 1. The van der Waals surface area contributed by atoms with Crippen molar-refractivity contribution in [2.45, 2.75) is 20.3 Å². The van der Waals surface area contributed by atoms with Gasteiger partial charge in [-0.2, -0.15) is 0 Å². The monoisotopic (exact) mass is 144 g/mol. The van der Waals surface area contributed by atoms with Crippen molar-refractivity contribution in [3.05, 3.63) is 6.54 Å². The van der Waals surface area contributed by atoms with Crippen LogP contribution in [0, 0.1) is 6.54 Å². The maximum atomic E-state index is 10.6. The van der Waals surface area contributed by atoms with Crippen LogP contribution in [0.2, 0.25) is 0 Å². The Morgan fingerprint density at radius 2 is 2.30 bits per heavy atom. The van der Waals surface area contributed by atoms with Gasteiger partial charge in [-0.25, -0.2) is 0 Å². The van der Waals surface area contributed by atoms with Gasteiger partial charge in [0.1, 0.15) is 0 Å². The quantitative estimate of drug-likeness (QED) is 0.456. The summed E-state index contributed by atoms with van der Waals surface area (Å²) in [6.45, 7) is 6.35. The zero-order chi connectivity index (χ0) is 7.82. The normalized spacial score (nSPS) is 9.40. The summed E-state index contributed by atoms with van der Waals surface area (Å²) in [5.41, 5.74) is 0. The first kappa shape index (κ1) is 9.43. The van der Waals surface area contributed by atoms with Crippen LogP contribution in [-0.4, -0.2) is 19.1 Å². The third-order valence-corrected chi connectivity index (χ3v) is 0.900. The minimum Gasteiger partial charge on any atom is -0.465 e. The molecular formula is C7H14NO2. The highest BCUT2D eigenvalue weighted by Gasteiger charge is 1.97. The molecule has 0 aliphatic heterocycles. The molecule has 0 aliphatic rings. The SMILES string of the molecule is CC[CH]NCC(=O)OCC. The molecular weight excluding hydrogens is 130 g/mol. The molecule has 0 saturated carbocycles. The van der Waals surface area contributed by atoms with Gasteiger partial charge in [-0.1, -0.05) is 6.92 Å². The number of carbonyl (C=O) groups excluding carboxylic acids is 1. The smallest absolute Gasteiger partial charge is 0.319 e. The van der Waals surface area contributed by atoms with Gasteiger partial charge in [0.25, 0.3) is 0 Å². The highest BCUT2D eigenvalue weighted by atomic mass is 16.5. The topological polar surface area (TPSA) is 38.3 Å². The van der Waals surface area contributed by atoms with E-state index >= 15 is 0 Å². The molecule has 3 nitrogen and oxygen atoms in total. The zero-order valence-corrected chi connectivity index (χ0v) is 6.52. The van der Waals surface area contributed by atoms with E-state index in [-0.39, 0.29) is 12.5 Å². The third kappa shape index (κ3) is 5.56. The molecule has 0 atom stereocenters. The van der Waals surface area contributed by atoms with Gasteiger partial charge in [0.05, 0.1) is 13.2 Å². The molecule has 0 fully saturated rings. The Morgan fingerprint density at radius 1 is 1.60 bits per heavy atom. The average molecular weight is 144 g/mol. The van der Waals surface area contributed by atoms with Crippen LogP contribution in [0.5, 0.6) is 0 Å². The Hall–Kier alpha value is -0.570.